The molecule has 0 saturated heterocycles. The molecule has 1 amide bonds. The van der Waals surface area contributed by atoms with Crippen LogP contribution in [0.2, 0.25) is 0 Å². The second-order valence-corrected chi connectivity index (χ2v) is 6.05. The van der Waals surface area contributed by atoms with E-state index in [0.29, 0.717) is 42.3 Å². The summed E-state index contributed by atoms with van der Waals surface area (Å²) in [7, 11) is 0. The average molecular weight is 406 g/mol. The van der Waals surface area contributed by atoms with Crippen molar-refractivity contribution in [3.05, 3.63) is 89.7 Å². The second kappa shape index (κ2) is 12.0. The van der Waals surface area contributed by atoms with E-state index in [9.17, 15) is 9.59 Å². The van der Waals surface area contributed by atoms with Crippen LogP contribution in [-0.2, 0) is 6.61 Å². The smallest absolute Gasteiger partial charge is 0.248 e. The van der Waals surface area contributed by atoms with Crippen LogP contribution < -0.4 is 15.2 Å². The average Bonchev–Trinajstić information content (AvgIpc) is 2.81. The maximum atomic E-state index is 11.6. The number of pyridine rings is 1. The number of Topliss-reactive ketones (excluding diaryl/α,β-unsaturated/α-hetero) is 1. The van der Waals surface area contributed by atoms with E-state index in [1.165, 1.54) is 0 Å². The highest BCUT2D eigenvalue weighted by Crippen LogP contribution is 2.29. The normalized spacial score (nSPS) is 11.5. The number of aromatic nitrogens is 1. The molecule has 4 rings (SSSR count). The van der Waals surface area contributed by atoms with E-state index in [-0.39, 0.29) is 11.7 Å². The van der Waals surface area contributed by atoms with Gasteiger partial charge < -0.3 is 15.2 Å². The third-order valence-electron chi connectivity index (χ3n) is 4.05. The molecule has 0 unspecified atom stereocenters. The van der Waals surface area contributed by atoms with Gasteiger partial charge >= 0.3 is 0 Å². The molecule has 0 atom stereocenters. The van der Waals surface area contributed by atoms with Gasteiger partial charge in [-0.15, -0.1) is 0 Å². The Morgan fingerprint density at radius 1 is 1.07 bits per heavy atom. The van der Waals surface area contributed by atoms with Crippen molar-refractivity contribution in [2.45, 2.75) is 26.9 Å². The molecule has 156 valence electrons. The standard InChI is InChI=1S/C15H13NO3.C7H7NO.C2H6/c17-14-5-8-18-15-9-12(1-2-13(14)15)19-10-11-3-6-16-7-4-11;8-7(9)6-4-2-1-3-5-6;1-2/h1-4,6-7,9H,5,8,10H2;1-5H,(H2,8,9);1-2H3. The molecule has 0 radical (unpaired) electrons. The number of hydrogen-bond donors (Lipinski definition) is 1. The molecule has 6 nitrogen and oxygen atoms in total. The first-order chi connectivity index (χ1) is 14.6. The summed E-state index contributed by atoms with van der Waals surface area (Å²) in [4.78, 5) is 26.0. The summed E-state index contributed by atoms with van der Waals surface area (Å²) in [6.07, 6.45) is 3.91. The number of benzene rings is 2. The predicted molar refractivity (Wildman–Crippen MR) is 116 cm³/mol. The molecule has 0 bridgehead atoms. The molecule has 0 aliphatic carbocycles. The summed E-state index contributed by atoms with van der Waals surface area (Å²) in [6.45, 7) is 4.91. The molecule has 0 spiro atoms. The van der Waals surface area contributed by atoms with Crippen molar-refractivity contribution in [1.82, 2.24) is 4.98 Å². The number of rotatable bonds is 4. The third kappa shape index (κ3) is 6.74. The Kier molecular flexibility index (Phi) is 9.06. The van der Waals surface area contributed by atoms with Crippen LogP contribution in [0.1, 0.15) is 46.5 Å². The molecule has 0 saturated carbocycles. The molecule has 2 heterocycles. The predicted octanol–water partition coefficient (Wildman–Crippen LogP) is 4.44. The summed E-state index contributed by atoms with van der Waals surface area (Å²) in [6, 6.07) is 17.9. The summed E-state index contributed by atoms with van der Waals surface area (Å²) >= 11 is 0. The first kappa shape index (κ1) is 22.6. The van der Waals surface area contributed by atoms with Crippen LogP contribution in [0.15, 0.2) is 73.1 Å². The van der Waals surface area contributed by atoms with Crippen molar-refractivity contribution in [2.75, 3.05) is 6.61 Å². The largest absolute Gasteiger partial charge is 0.492 e. The highest BCUT2D eigenvalue weighted by atomic mass is 16.5. The van der Waals surface area contributed by atoms with E-state index in [1.807, 2.05) is 32.0 Å². The molecule has 3 aromatic rings. The maximum absolute atomic E-state index is 11.6. The van der Waals surface area contributed by atoms with Crippen molar-refractivity contribution < 1.29 is 19.1 Å². The molecule has 6 heteroatoms. The van der Waals surface area contributed by atoms with Gasteiger partial charge in [0, 0.05) is 30.4 Å². The fourth-order valence-electron chi connectivity index (χ4n) is 2.58. The molecular formula is C24H26N2O4. The van der Waals surface area contributed by atoms with Crippen LogP contribution in [0.25, 0.3) is 0 Å². The van der Waals surface area contributed by atoms with Gasteiger partial charge in [0.2, 0.25) is 5.91 Å². The van der Waals surface area contributed by atoms with Crippen molar-refractivity contribution in [2.24, 2.45) is 5.73 Å². The van der Waals surface area contributed by atoms with E-state index in [2.05, 4.69) is 4.98 Å². The van der Waals surface area contributed by atoms with Crippen molar-refractivity contribution in [3.8, 4) is 11.5 Å². The number of ether oxygens (including phenoxy) is 2. The van der Waals surface area contributed by atoms with Gasteiger partial charge in [-0.1, -0.05) is 32.0 Å². The fourth-order valence-corrected chi connectivity index (χ4v) is 2.58. The lowest BCUT2D eigenvalue weighted by atomic mass is 10.1. The lowest BCUT2D eigenvalue weighted by molar-refractivity contribution is 0.0932. The van der Waals surface area contributed by atoms with Gasteiger partial charge in [-0.25, -0.2) is 0 Å². The summed E-state index contributed by atoms with van der Waals surface area (Å²) in [5.74, 6) is 1.06. The number of amides is 1. The van der Waals surface area contributed by atoms with E-state index in [4.69, 9.17) is 15.2 Å². The lowest BCUT2D eigenvalue weighted by Gasteiger charge is -2.17. The number of carbonyl (C=O) groups excluding carboxylic acids is 2. The first-order valence-corrected chi connectivity index (χ1v) is 9.80. The Morgan fingerprint density at radius 3 is 2.40 bits per heavy atom. The summed E-state index contributed by atoms with van der Waals surface area (Å²) < 4.78 is 11.2. The Hall–Kier alpha value is -3.67. The second-order valence-electron chi connectivity index (χ2n) is 6.05. The quantitative estimate of drug-likeness (QED) is 0.692. The molecule has 2 aromatic carbocycles. The number of carbonyl (C=O) groups is 2. The van der Waals surface area contributed by atoms with E-state index in [1.54, 1.807) is 54.9 Å². The number of primary amides is 1. The molecule has 30 heavy (non-hydrogen) atoms. The van der Waals surface area contributed by atoms with E-state index < -0.39 is 0 Å². The van der Waals surface area contributed by atoms with Gasteiger partial charge in [0.05, 0.1) is 12.2 Å². The number of ketones is 1. The molecule has 1 aliphatic rings. The Labute approximate surface area is 176 Å². The van der Waals surface area contributed by atoms with Gasteiger partial charge in [0.1, 0.15) is 18.1 Å². The molecule has 2 N–H and O–H groups in total. The highest BCUT2D eigenvalue weighted by molar-refractivity contribution is 5.99. The van der Waals surface area contributed by atoms with Crippen molar-refractivity contribution in [3.63, 3.8) is 0 Å². The van der Waals surface area contributed by atoms with Crippen LogP contribution in [-0.4, -0.2) is 23.3 Å². The summed E-state index contributed by atoms with van der Waals surface area (Å²) in [5.41, 5.74) is 7.22. The van der Waals surface area contributed by atoms with Crippen LogP contribution >= 0.6 is 0 Å². The topological polar surface area (TPSA) is 91.5 Å². The fraction of sp³-hybridized carbons (Fsp3) is 0.208. The van der Waals surface area contributed by atoms with Gasteiger partial charge in [-0.05, 0) is 42.0 Å². The first-order valence-electron chi connectivity index (χ1n) is 9.80. The van der Waals surface area contributed by atoms with E-state index >= 15 is 0 Å². The van der Waals surface area contributed by atoms with Gasteiger partial charge in [-0.3, -0.25) is 14.6 Å². The maximum Gasteiger partial charge on any atom is 0.248 e. The number of nitrogens with two attached hydrogens (primary N) is 1. The minimum Gasteiger partial charge on any atom is -0.492 e. The third-order valence-corrected chi connectivity index (χ3v) is 4.05. The number of hydrogen-bond acceptors (Lipinski definition) is 5. The van der Waals surface area contributed by atoms with Crippen molar-refractivity contribution in [1.29, 1.82) is 0 Å². The Balaban J connectivity index is 0.000000245. The van der Waals surface area contributed by atoms with Crippen molar-refractivity contribution >= 4 is 11.7 Å². The number of nitrogens with zero attached hydrogens (tertiary/aromatic N) is 1. The van der Waals surface area contributed by atoms with Gasteiger partial charge in [0.25, 0.3) is 0 Å². The zero-order valence-electron chi connectivity index (χ0n) is 17.2. The molecule has 0 fully saturated rings. The number of fused-ring (bicyclic) bond motifs is 1. The lowest BCUT2D eigenvalue weighted by Crippen LogP contribution is -2.15. The van der Waals surface area contributed by atoms with Crippen LogP contribution in [0, 0.1) is 0 Å². The highest BCUT2D eigenvalue weighted by Gasteiger charge is 2.18. The van der Waals surface area contributed by atoms with Crippen LogP contribution in [0.5, 0.6) is 11.5 Å². The zero-order valence-corrected chi connectivity index (χ0v) is 17.2. The van der Waals surface area contributed by atoms with E-state index in [0.717, 1.165) is 5.56 Å². The minimum absolute atomic E-state index is 0.127. The summed E-state index contributed by atoms with van der Waals surface area (Å²) in [5, 5.41) is 0. The van der Waals surface area contributed by atoms with Crippen LogP contribution in [0.3, 0.4) is 0 Å². The Morgan fingerprint density at radius 2 is 1.77 bits per heavy atom. The SMILES string of the molecule is CC.NC(=O)c1ccccc1.O=C1CCOc2cc(OCc3ccncc3)ccc21. The van der Waals surface area contributed by atoms with Crippen LogP contribution in [0.4, 0.5) is 0 Å². The zero-order chi connectivity index (χ0) is 21.8. The molecular weight excluding hydrogens is 380 g/mol. The molecule has 1 aromatic heterocycles. The van der Waals surface area contributed by atoms with Gasteiger partial charge in [0.15, 0.2) is 5.78 Å². The molecule has 1 aliphatic heterocycles. The minimum atomic E-state index is -0.379. The van der Waals surface area contributed by atoms with Gasteiger partial charge in [-0.2, -0.15) is 0 Å². The monoisotopic (exact) mass is 406 g/mol. The Bertz CT molecular complexity index is 944.